The molecule has 5 rings (SSSR count). The van der Waals surface area contributed by atoms with Crippen molar-refractivity contribution >= 4 is 5.97 Å². The fourth-order valence-corrected chi connectivity index (χ4v) is 6.47. The number of benzene rings is 4. The number of aryl methyl sites for hydroxylation is 2. The average molecular weight is 605 g/mol. The van der Waals surface area contributed by atoms with E-state index < -0.39 is 12.6 Å². The average Bonchev–Trinajstić information content (AvgIpc) is 3.02. The first-order chi connectivity index (χ1) is 21.7. The Hall–Kier alpha value is -4.35. The first-order valence-corrected chi connectivity index (χ1v) is 15.9. The fraction of sp³-hybridized carbons (Fsp3) is 0.325. The van der Waals surface area contributed by atoms with Gasteiger partial charge in [-0.1, -0.05) is 92.6 Å². The van der Waals surface area contributed by atoms with Crippen LogP contribution in [0.1, 0.15) is 73.8 Å². The lowest BCUT2D eigenvalue weighted by Gasteiger charge is -2.43. The van der Waals surface area contributed by atoms with Crippen LogP contribution in [0.2, 0.25) is 0 Å². The van der Waals surface area contributed by atoms with Gasteiger partial charge in [-0.2, -0.15) is 0 Å². The molecular weight excluding hydrogens is 560 g/mol. The van der Waals surface area contributed by atoms with Crippen molar-refractivity contribution in [3.8, 4) is 28.4 Å². The molecule has 1 heterocycles. The lowest BCUT2D eigenvalue weighted by molar-refractivity contribution is -0.139. The van der Waals surface area contributed by atoms with Crippen LogP contribution >= 0.6 is 0 Å². The van der Waals surface area contributed by atoms with E-state index in [0.29, 0.717) is 11.5 Å². The minimum absolute atomic E-state index is 0.00896. The first-order valence-electron chi connectivity index (χ1n) is 15.9. The Morgan fingerprint density at radius 1 is 0.911 bits per heavy atom. The Morgan fingerprint density at radius 3 is 2.24 bits per heavy atom. The van der Waals surface area contributed by atoms with Gasteiger partial charge in [0.2, 0.25) is 0 Å². The van der Waals surface area contributed by atoms with Gasteiger partial charge >= 0.3 is 5.97 Å². The van der Waals surface area contributed by atoms with Crippen LogP contribution in [0, 0.1) is 19.8 Å². The molecule has 5 heteroatoms. The second-order valence-electron chi connectivity index (χ2n) is 12.3. The van der Waals surface area contributed by atoms with Gasteiger partial charge in [-0.3, -0.25) is 0 Å². The van der Waals surface area contributed by atoms with Crippen molar-refractivity contribution < 1.29 is 24.1 Å². The van der Waals surface area contributed by atoms with E-state index in [1.165, 1.54) is 16.7 Å². The van der Waals surface area contributed by atoms with E-state index in [0.717, 1.165) is 53.7 Å². The lowest BCUT2D eigenvalue weighted by Crippen LogP contribution is -2.36. The Labute approximate surface area is 267 Å². The highest BCUT2D eigenvalue weighted by Crippen LogP contribution is 2.50. The second kappa shape index (κ2) is 14.6. The van der Waals surface area contributed by atoms with Crippen molar-refractivity contribution in [2.24, 2.45) is 5.92 Å². The van der Waals surface area contributed by atoms with E-state index in [1.54, 1.807) is 6.07 Å². The molecule has 0 radical (unpaired) electrons. The lowest BCUT2D eigenvalue weighted by atomic mass is 9.74. The van der Waals surface area contributed by atoms with Gasteiger partial charge in [-0.05, 0) is 91.8 Å². The maximum absolute atomic E-state index is 11.5. The molecule has 0 aromatic heterocycles. The van der Waals surface area contributed by atoms with E-state index in [4.69, 9.17) is 14.2 Å². The van der Waals surface area contributed by atoms with Gasteiger partial charge in [0.1, 0.15) is 17.2 Å². The summed E-state index contributed by atoms with van der Waals surface area (Å²) in [5.41, 5.74) is 7.68. The van der Waals surface area contributed by atoms with Crippen LogP contribution in [-0.2, 0) is 9.53 Å². The van der Waals surface area contributed by atoms with E-state index in [9.17, 15) is 9.90 Å². The highest BCUT2D eigenvalue weighted by atomic mass is 16.5. The highest BCUT2D eigenvalue weighted by molar-refractivity contribution is 5.68. The van der Waals surface area contributed by atoms with Gasteiger partial charge in [0.15, 0.2) is 6.61 Å². The number of carbonyl (C=O) groups is 1. The third-order valence-electron chi connectivity index (χ3n) is 8.63. The summed E-state index contributed by atoms with van der Waals surface area (Å²) in [5, 5.41) is 9.41. The molecule has 4 aromatic rings. The zero-order valence-corrected chi connectivity index (χ0v) is 26.8. The predicted molar refractivity (Wildman–Crippen MR) is 180 cm³/mol. The zero-order valence-electron chi connectivity index (χ0n) is 26.8. The minimum atomic E-state index is -1.03. The molecule has 1 aliphatic heterocycles. The molecule has 234 valence electrons. The van der Waals surface area contributed by atoms with E-state index >= 15 is 0 Å². The number of unbranched alkanes of at least 4 members (excludes halogenated alkanes) is 1. The molecule has 0 aliphatic carbocycles. The highest BCUT2D eigenvalue weighted by Gasteiger charge is 2.40. The molecule has 1 N–H and O–H groups in total. The van der Waals surface area contributed by atoms with E-state index in [2.05, 4.69) is 75.0 Å². The van der Waals surface area contributed by atoms with Gasteiger partial charge in [0, 0.05) is 17.4 Å². The normalized spacial score (nSPS) is 19.6. The predicted octanol–water partition coefficient (Wildman–Crippen LogP) is 10.2. The quantitative estimate of drug-likeness (QED) is 0.163. The summed E-state index contributed by atoms with van der Waals surface area (Å²) in [4.78, 5) is 11.5. The van der Waals surface area contributed by atoms with Gasteiger partial charge in [0.05, 0.1) is 12.2 Å². The van der Waals surface area contributed by atoms with E-state index in [-0.39, 0.29) is 24.0 Å². The molecule has 4 atom stereocenters. The monoisotopic (exact) mass is 604 g/mol. The van der Waals surface area contributed by atoms with Crippen LogP contribution < -0.4 is 9.47 Å². The molecule has 1 fully saturated rings. The number of ether oxygens (including phenoxy) is 3. The Morgan fingerprint density at radius 2 is 1.60 bits per heavy atom. The third-order valence-corrected chi connectivity index (χ3v) is 8.63. The summed E-state index contributed by atoms with van der Waals surface area (Å²) >= 11 is 0. The van der Waals surface area contributed by atoms with E-state index in [1.807, 2.05) is 44.2 Å². The molecule has 0 amide bonds. The Balaban J connectivity index is 1.50. The van der Waals surface area contributed by atoms with Gasteiger partial charge < -0.3 is 19.3 Å². The van der Waals surface area contributed by atoms with Crippen molar-refractivity contribution in [2.45, 2.75) is 71.5 Å². The molecule has 4 aromatic carbocycles. The maximum Gasteiger partial charge on any atom is 0.341 e. The van der Waals surface area contributed by atoms with Crippen molar-refractivity contribution in [1.82, 2.24) is 0 Å². The van der Waals surface area contributed by atoms with Crippen molar-refractivity contribution in [3.05, 3.63) is 125 Å². The number of hydrogen-bond acceptors (Lipinski definition) is 4. The van der Waals surface area contributed by atoms with Crippen molar-refractivity contribution in [2.75, 3.05) is 6.61 Å². The molecular formula is C40H44O5. The van der Waals surface area contributed by atoms with Gasteiger partial charge in [-0.15, -0.1) is 0 Å². The summed E-state index contributed by atoms with van der Waals surface area (Å²) in [5.74, 6) is 1.03. The SMILES string of the molecule is C=C(C)[C@@H]1C[C@@H](c2ccc(-c3ccccc3)cc2)[C@@H](CCCC)O[C@H]1c1cc(Oc2cc(C)cc(C)c2)ccc1OCC(=O)O. The number of aliphatic carboxylic acids is 1. The van der Waals surface area contributed by atoms with Crippen LogP contribution in [0.3, 0.4) is 0 Å². The summed E-state index contributed by atoms with van der Waals surface area (Å²) in [6.45, 7) is 12.3. The molecule has 1 saturated heterocycles. The topological polar surface area (TPSA) is 65.0 Å². The van der Waals surface area contributed by atoms with Crippen LogP contribution in [-0.4, -0.2) is 23.8 Å². The fourth-order valence-electron chi connectivity index (χ4n) is 6.47. The molecule has 0 unspecified atom stereocenters. The summed E-state index contributed by atoms with van der Waals surface area (Å²) < 4.78 is 19.2. The van der Waals surface area contributed by atoms with Crippen LogP contribution in [0.5, 0.6) is 17.2 Å². The number of hydrogen-bond donors (Lipinski definition) is 1. The second-order valence-corrected chi connectivity index (χ2v) is 12.3. The van der Waals surface area contributed by atoms with Crippen molar-refractivity contribution in [3.63, 3.8) is 0 Å². The standard InChI is InChI=1S/C40H44O5/c1-6-7-13-38-35(31-16-14-30(15-17-31)29-11-9-8-10-12-29)24-34(26(2)3)40(45-38)36-23-32(18-19-37(36)43-25-39(41)42)44-33-21-27(4)20-28(5)22-33/h8-12,14-23,34-35,38,40H,2,6-7,13,24-25H2,1,3-5H3,(H,41,42)/t34-,35-,38+,40+/m0/s1. The third kappa shape index (κ3) is 8.03. The van der Waals surface area contributed by atoms with Crippen LogP contribution in [0.15, 0.2) is 103 Å². The summed E-state index contributed by atoms with van der Waals surface area (Å²) in [7, 11) is 0. The largest absolute Gasteiger partial charge is 0.482 e. The maximum atomic E-state index is 11.5. The van der Waals surface area contributed by atoms with Crippen LogP contribution in [0.25, 0.3) is 11.1 Å². The smallest absolute Gasteiger partial charge is 0.341 e. The number of carboxylic acids is 1. The molecule has 0 bridgehead atoms. The minimum Gasteiger partial charge on any atom is -0.482 e. The summed E-state index contributed by atoms with van der Waals surface area (Å²) in [6.07, 6.45) is 3.51. The molecule has 0 spiro atoms. The Kier molecular flexibility index (Phi) is 10.4. The zero-order chi connectivity index (χ0) is 31.9. The number of rotatable bonds is 12. The Bertz CT molecular complexity index is 1590. The van der Waals surface area contributed by atoms with Crippen molar-refractivity contribution in [1.29, 1.82) is 0 Å². The first kappa shape index (κ1) is 32.1. The molecule has 45 heavy (non-hydrogen) atoms. The molecule has 0 saturated carbocycles. The van der Waals surface area contributed by atoms with Gasteiger partial charge in [-0.25, -0.2) is 4.79 Å². The number of carboxylic acid groups (broad SMARTS) is 1. The van der Waals surface area contributed by atoms with Crippen LogP contribution in [0.4, 0.5) is 0 Å². The van der Waals surface area contributed by atoms with Gasteiger partial charge in [0.25, 0.3) is 0 Å². The summed E-state index contributed by atoms with van der Waals surface area (Å²) in [6, 6.07) is 31.0. The molecule has 5 nitrogen and oxygen atoms in total. The molecule has 1 aliphatic rings.